The molecule has 0 spiro atoms. The van der Waals surface area contributed by atoms with E-state index in [9.17, 15) is 4.79 Å². The van der Waals surface area contributed by atoms with Crippen LogP contribution < -0.4 is 4.90 Å². The minimum atomic E-state index is -0.758. The Labute approximate surface area is 131 Å². The lowest BCUT2D eigenvalue weighted by Crippen LogP contribution is -2.32. The highest BCUT2D eigenvalue weighted by Crippen LogP contribution is 2.22. The van der Waals surface area contributed by atoms with Crippen molar-refractivity contribution in [2.75, 3.05) is 18.0 Å². The smallest absolute Gasteiger partial charge is 0.308 e. The average molecular weight is 313 g/mol. The van der Waals surface area contributed by atoms with Gasteiger partial charge in [0.1, 0.15) is 5.01 Å². The van der Waals surface area contributed by atoms with Crippen LogP contribution in [0.4, 0.5) is 5.13 Å². The molecule has 1 aromatic rings. The van der Waals surface area contributed by atoms with Crippen molar-refractivity contribution in [3.63, 3.8) is 0 Å². The van der Waals surface area contributed by atoms with E-state index in [1.54, 1.807) is 18.3 Å². The van der Waals surface area contributed by atoms with Crippen LogP contribution in [0.3, 0.4) is 0 Å². The van der Waals surface area contributed by atoms with Gasteiger partial charge in [-0.15, -0.1) is 10.2 Å². The number of anilines is 1. The average Bonchev–Trinajstić information content (AvgIpc) is 2.94. The molecule has 0 aliphatic heterocycles. The van der Waals surface area contributed by atoms with Gasteiger partial charge in [0.25, 0.3) is 0 Å². The van der Waals surface area contributed by atoms with Crippen LogP contribution in [-0.4, -0.2) is 34.4 Å². The van der Waals surface area contributed by atoms with Gasteiger partial charge < -0.3 is 10.0 Å². The molecule has 1 heterocycles. The first-order chi connectivity index (χ1) is 10.1. The molecule has 1 atom stereocenters. The standard InChI is InChI=1S/C15H27N3O2S/c1-4-6-7-8-9-10-18(11-12(3)14(19)20)15-17-16-13(5-2)21-15/h12H,4-11H2,1-3H3,(H,19,20). The molecule has 0 saturated heterocycles. The van der Waals surface area contributed by atoms with Gasteiger partial charge in [0.15, 0.2) is 0 Å². The fourth-order valence-electron chi connectivity index (χ4n) is 2.10. The second-order valence-corrected chi connectivity index (χ2v) is 6.47. The molecule has 1 aromatic heterocycles. The summed E-state index contributed by atoms with van der Waals surface area (Å²) in [6, 6.07) is 0. The van der Waals surface area contributed by atoms with Gasteiger partial charge in [-0.2, -0.15) is 0 Å². The van der Waals surface area contributed by atoms with Crippen LogP contribution in [-0.2, 0) is 11.2 Å². The second kappa shape index (κ2) is 9.71. The Morgan fingerprint density at radius 2 is 1.95 bits per heavy atom. The number of hydrogen-bond acceptors (Lipinski definition) is 5. The lowest BCUT2D eigenvalue weighted by Gasteiger charge is -2.23. The van der Waals surface area contributed by atoms with Crippen LogP contribution in [0.2, 0.25) is 0 Å². The Kier molecular flexibility index (Phi) is 8.27. The number of rotatable bonds is 11. The summed E-state index contributed by atoms with van der Waals surface area (Å²) in [5.41, 5.74) is 0. The zero-order valence-corrected chi connectivity index (χ0v) is 14.2. The molecule has 120 valence electrons. The van der Waals surface area contributed by atoms with Gasteiger partial charge in [-0.1, -0.05) is 57.8 Å². The summed E-state index contributed by atoms with van der Waals surface area (Å²) in [6.07, 6.45) is 6.88. The van der Waals surface area contributed by atoms with Crippen molar-refractivity contribution in [2.45, 2.75) is 59.3 Å². The SMILES string of the molecule is CCCCCCCN(CC(C)C(=O)O)c1nnc(CC)s1. The van der Waals surface area contributed by atoms with Crippen molar-refractivity contribution in [1.29, 1.82) is 0 Å². The maximum Gasteiger partial charge on any atom is 0.308 e. The normalized spacial score (nSPS) is 12.3. The Balaban J connectivity index is 2.59. The molecule has 21 heavy (non-hydrogen) atoms. The first kappa shape index (κ1) is 17.9. The van der Waals surface area contributed by atoms with E-state index in [2.05, 4.69) is 28.9 Å². The predicted molar refractivity (Wildman–Crippen MR) is 87.1 cm³/mol. The molecule has 0 amide bonds. The van der Waals surface area contributed by atoms with Crippen molar-refractivity contribution >= 4 is 22.4 Å². The molecule has 0 bridgehead atoms. The van der Waals surface area contributed by atoms with Crippen LogP contribution >= 0.6 is 11.3 Å². The lowest BCUT2D eigenvalue weighted by atomic mass is 10.1. The van der Waals surface area contributed by atoms with Gasteiger partial charge in [0.05, 0.1) is 5.92 Å². The summed E-state index contributed by atoms with van der Waals surface area (Å²) in [4.78, 5) is 13.2. The van der Waals surface area contributed by atoms with Gasteiger partial charge in [-0.05, 0) is 12.8 Å². The third-order valence-corrected chi connectivity index (χ3v) is 4.60. The molecule has 0 fully saturated rings. The number of carbonyl (C=O) groups is 1. The maximum atomic E-state index is 11.1. The molecule has 1 N–H and O–H groups in total. The molecule has 0 radical (unpaired) electrons. The van der Waals surface area contributed by atoms with E-state index in [-0.39, 0.29) is 0 Å². The quantitative estimate of drug-likeness (QED) is 0.632. The summed E-state index contributed by atoms with van der Waals surface area (Å²) in [6.45, 7) is 7.36. The molecule has 0 aliphatic carbocycles. The number of aromatic nitrogens is 2. The number of carboxylic acids is 1. The number of aliphatic carboxylic acids is 1. The van der Waals surface area contributed by atoms with Gasteiger partial charge in [-0.3, -0.25) is 4.79 Å². The molecule has 6 heteroatoms. The first-order valence-corrected chi connectivity index (χ1v) is 8.70. The highest BCUT2D eigenvalue weighted by Gasteiger charge is 2.19. The van der Waals surface area contributed by atoms with Gasteiger partial charge >= 0.3 is 5.97 Å². The summed E-state index contributed by atoms with van der Waals surface area (Å²) >= 11 is 1.57. The zero-order chi connectivity index (χ0) is 15.7. The van der Waals surface area contributed by atoms with E-state index in [1.165, 1.54) is 25.7 Å². The van der Waals surface area contributed by atoms with Crippen LogP contribution in [0.1, 0.15) is 57.9 Å². The van der Waals surface area contributed by atoms with Crippen molar-refractivity contribution in [2.24, 2.45) is 5.92 Å². The van der Waals surface area contributed by atoms with Crippen LogP contribution in [0.15, 0.2) is 0 Å². The molecule has 1 rings (SSSR count). The molecule has 1 unspecified atom stereocenters. The Bertz CT molecular complexity index is 423. The molecule has 0 aliphatic rings. The van der Waals surface area contributed by atoms with Crippen molar-refractivity contribution in [3.8, 4) is 0 Å². The molecule has 5 nitrogen and oxygen atoms in total. The number of unbranched alkanes of at least 4 members (excludes halogenated alkanes) is 4. The number of carboxylic acid groups (broad SMARTS) is 1. The number of hydrogen-bond donors (Lipinski definition) is 1. The van der Waals surface area contributed by atoms with E-state index in [0.29, 0.717) is 6.54 Å². The molecular formula is C15H27N3O2S. The first-order valence-electron chi connectivity index (χ1n) is 7.88. The molecule has 0 saturated carbocycles. The fourth-order valence-corrected chi connectivity index (χ4v) is 2.91. The third-order valence-electron chi connectivity index (χ3n) is 3.48. The van der Waals surface area contributed by atoms with Gasteiger partial charge in [-0.25, -0.2) is 0 Å². The number of aryl methyl sites for hydroxylation is 1. The summed E-state index contributed by atoms with van der Waals surface area (Å²) < 4.78 is 0. The van der Waals surface area contributed by atoms with Gasteiger partial charge in [0, 0.05) is 13.1 Å². The van der Waals surface area contributed by atoms with Crippen molar-refractivity contribution in [3.05, 3.63) is 5.01 Å². The Morgan fingerprint density at radius 1 is 1.24 bits per heavy atom. The Hall–Kier alpha value is -1.17. The molecular weight excluding hydrogens is 286 g/mol. The minimum absolute atomic E-state index is 0.394. The molecule has 0 aromatic carbocycles. The van der Waals surface area contributed by atoms with Crippen LogP contribution in [0.25, 0.3) is 0 Å². The second-order valence-electron chi connectivity index (χ2n) is 5.43. The van der Waals surface area contributed by atoms with E-state index in [0.717, 1.165) is 29.5 Å². The lowest BCUT2D eigenvalue weighted by molar-refractivity contribution is -0.140. The summed E-state index contributed by atoms with van der Waals surface area (Å²) in [7, 11) is 0. The summed E-state index contributed by atoms with van der Waals surface area (Å²) in [5, 5.41) is 19.3. The van der Waals surface area contributed by atoms with E-state index < -0.39 is 11.9 Å². The van der Waals surface area contributed by atoms with Crippen LogP contribution in [0, 0.1) is 5.92 Å². The highest BCUT2D eigenvalue weighted by atomic mass is 32.1. The van der Waals surface area contributed by atoms with E-state index >= 15 is 0 Å². The van der Waals surface area contributed by atoms with Crippen LogP contribution in [0.5, 0.6) is 0 Å². The minimum Gasteiger partial charge on any atom is -0.481 e. The zero-order valence-electron chi connectivity index (χ0n) is 13.3. The van der Waals surface area contributed by atoms with E-state index in [4.69, 9.17) is 5.11 Å². The predicted octanol–water partition coefficient (Wildman–Crippen LogP) is 3.60. The highest BCUT2D eigenvalue weighted by molar-refractivity contribution is 7.15. The van der Waals surface area contributed by atoms with Crippen molar-refractivity contribution in [1.82, 2.24) is 10.2 Å². The topological polar surface area (TPSA) is 66.3 Å². The number of nitrogens with zero attached hydrogens (tertiary/aromatic N) is 3. The van der Waals surface area contributed by atoms with Gasteiger partial charge in [0.2, 0.25) is 5.13 Å². The Morgan fingerprint density at radius 3 is 2.52 bits per heavy atom. The van der Waals surface area contributed by atoms with Crippen molar-refractivity contribution < 1.29 is 9.90 Å². The fraction of sp³-hybridized carbons (Fsp3) is 0.800. The summed E-state index contributed by atoms with van der Waals surface area (Å²) in [5.74, 6) is -1.15. The maximum absolute atomic E-state index is 11.1. The monoisotopic (exact) mass is 313 g/mol. The third kappa shape index (κ3) is 6.42. The van der Waals surface area contributed by atoms with E-state index in [1.807, 2.05) is 0 Å². The largest absolute Gasteiger partial charge is 0.481 e.